The van der Waals surface area contributed by atoms with E-state index in [-0.39, 0.29) is 13.0 Å². The monoisotopic (exact) mass is 286 g/mol. The minimum Gasteiger partial charge on any atom is -0.480 e. The molecule has 0 saturated heterocycles. The molecule has 1 unspecified atom stereocenters. The Balaban J connectivity index is 2.59. The molecule has 1 atom stereocenters. The topological polar surface area (TPSA) is 78.4 Å². The van der Waals surface area contributed by atoms with Crippen LogP contribution < -0.4 is 10.6 Å². The third-order valence-corrected chi connectivity index (χ3v) is 3.01. The fourth-order valence-corrected chi connectivity index (χ4v) is 1.42. The Morgan fingerprint density at radius 3 is 2.45 bits per heavy atom. The Kier molecular flexibility index (Phi) is 5.01. The van der Waals surface area contributed by atoms with E-state index < -0.39 is 29.2 Å². The van der Waals surface area contributed by atoms with E-state index in [1.807, 2.05) is 0 Å². The van der Waals surface area contributed by atoms with Gasteiger partial charge in [0.05, 0.1) is 0 Å². The van der Waals surface area contributed by atoms with E-state index in [0.717, 1.165) is 12.1 Å². The van der Waals surface area contributed by atoms with Gasteiger partial charge < -0.3 is 15.7 Å². The summed E-state index contributed by atoms with van der Waals surface area (Å²) in [6.45, 7) is 2.97. The van der Waals surface area contributed by atoms with Crippen molar-refractivity contribution in [2.45, 2.75) is 32.4 Å². The number of aliphatic carboxylic acids is 1. The largest absolute Gasteiger partial charge is 0.480 e. The van der Waals surface area contributed by atoms with Crippen LogP contribution >= 0.6 is 0 Å². The van der Waals surface area contributed by atoms with Gasteiger partial charge in [-0.05, 0) is 31.0 Å². The van der Waals surface area contributed by atoms with E-state index in [1.165, 1.54) is 13.0 Å². The predicted molar refractivity (Wildman–Crippen MR) is 68.1 cm³/mol. The van der Waals surface area contributed by atoms with Crippen LogP contribution in [0.2, 0.25) is 0 Å². The number of rotatable bonds is 5. The minimum absolute atomic E-state index is 0.0392. The van der Waals surface area contributed by atoms with Gasteiger partial charge in [-0.3, -0.25) is 0 Å². The summed E-state index contributed by atoms with van der Waals surface area (Å²) in [5, 5.41) is 13.7. The molecule has 5 nitrogen and oxygen atoms in total. The molecular formula is C13H16F2N2O3. The van der Waals surface area contributed by atoms with Gasteiger partial charge >= 0.3 is 12.0 Å². The molecule has 0 radical (unpaired) electrons. The summed E-state index contributed by atoms with van der Waals surface area (Å²) in [5.74, 6) is -3.13. The molecule has 0 bridgehead atoms. The number of nitrogens with one attached hydrogen (secondary N) is 2. The number of urea groups is 1. The lowest BCUT2D eigenvalue weighted by molar-refractivity contribution is -0.143. The molecule has 0 aliphatic heterocycles. The zero-order valence-corrected chi connectivity index (χ0v) is 11.2. The van der Waals surface area contributed by atoms with E-state index in [9.17, 15) is 18.4 Å². The van der Waals surface area contributed by atoms with Crippen LogP contribution in [-0.2, 0) is 11.3 Å². The first-order valence-electron chi connectivity index (χ1n) is 6.02. The van der Waals surface area contributed by atoms with Crippen LogP contribution in [0, 0.1) is 11.6 Å². The second-order valence-corrected chi connectivity index (χ2v) is 4.55. The van der Waals surface area contributed by atoms with Crippen LogP contribution in [0.5, 0.6) is 0 Å². The fourth-order valence-electron chi connectivity index (χ4n) is 1.42. The molecule has 1 rings (SSSR count). The summed E-state index contributed by atoms with van der Waals surface area (Å²) in [7, 11) is 0. The highest BCUT2D eigenvalue weighted by atomic mass is 19.2. The Bertz CT molecular complexity index is 522. The zero-order chi connectivity index (χ0) is 15.3. The van der Waals surface area contributed by atoms with Crippen LogP contribution in [0.3, 0.4) is 0 Å². The van der Waals surface area contributed by atoms with Gasteiger partial charge in [0.25, 0.3) is 0 Å². The Hall–Kier alpha value is -2.18. The number of amides is 2. The Morgan fingerprint density at radius 2 is 1.95 bits per heavy atom. The van der Waals surface area contributed by atoms with E-state index in [4.69, 9.17) is 5.11 Å². The van der Waals surface area contributed by atoms with Crippen molar-refractivity contribution in [2.75, 3.05) is 0 Å². The molecule has 0 fully saturated rings. The minimum atomic E-state index is -1.38. The number of carbonyl (C=O) groups is 2. The first-order chi connectivity index (χ1) is 9.28. The van der Waals surface area contributed by atoms with E-state index >= 15 is 0 Å². The molecule has 20 heavy (non-hydrogen) atoms. The number of hydrogen-bond donors (Lipinski definition) is 3. The maximum atomic E-state index is 13.0. The molecule has 0 aromatic heterocycles. The van der Waals surface area contributed by atoms with Gasteiger partial charge in [-0.1, -0.05) is 13.0 Å². The van der Waals surface area contributed by atoms with Crippen LogP contribution in [0.15, 0.2) is 18.2 Å². The normalized spacial score (nSPS) is 13.4. The summed E-state index contributed by atoms with van der Waals surface area (Å²) in [6, 6.07) is 2.56. The zero-order valence-electron chi connectivity index (χ0n) is 11.2. The van der Waals surface area contributed by atoms with E-state index in [1.54, 1.807) is 6.92 Å². The maximum absolute atomic E-state index is 13.0. The van der Waals surface area contributed by atoms with Crippen molar-refractivity contribution >= 4 is 12.0 Å². The molecule has 0 aliphatic rings. The van der Waals surface area contributed by atoms with Crippen molar-refractivity contribution in [1.29, 1.82) is 0 Å². The molecule has 0 aliphatic carbocycles. The molecule has 7 heteroatoms. The van der Waals surface area contributed by atoms with Crippen LogP contribution in [-0.4, -0.2) is 22.6 Å². The van der Waals surface area contributed by atoms with Crippen LogP contribution in [0.4, 0.5) is 13.6 Å². The predicted octanol–water partition coefficient (Wildman–Crippen LogP) is 2.02. The molecular weight excluding hydrogens is 270 g/mol. The van der Waals surface area contributed by atoms with E-state index in [2.05, 4.69) is 10.6 Å². The van der Waals surface area contributed by atoms with Crippen molar-refractivity contribution in [2.24, 2.45) is 0 Å². The van der Waals surface area contributed by atoms with Gasteiger partial charge in [0.2, 0.25) is 0 Å². The number of benzene rings is 1. The number of carboxylic acids is 1. The molecule has 0 heterocycles. The molecule has 2 amide bonds. The average molecular weight is 286 g/mol. The molecule has 0 saturated carbocycles. The lowest BCUT2D eigenvalue weighted by Gasteiger charge is -2.24. The molecule has 3 N–H and O–H groups in total. The smallest absolute Gasteiger partial charge is 0.329 e. The first kappa shape index (κ1) is 15.9. The quantitative estimate of drug-likeness (QED) is 0.775. The summed E-state index contributed by atoms with van der Waals surface area (Å²) < 4.78 is 25.7. The van der Waals surface area contributed by atoms with Gasteiger partial charge in [-0.15, -0.1) is 0 Å². The lowest BCUT2D eigenvalue weighted by atomic mass is 10.00. The Morgan fingerprint density at radius 1 is 1.30 bits per heavy atom. The molecule has 0 spiro atoms. The third kappa shape index (κ3) is 3.91. The number of carbonyl (C=O) groups excluding carboxylic acids is 1. The fraction of sp³-hybridized carbons (Fsp3) is 0.385. The Labute approximate surface area is 115 Å². The standard InChI is InChI=1S/C13H16F2N2O3/c1-3-13(2,11(18)19)17-12(20)16-7-8-4-5-9(14)10(15)6-8/h4-6H,3,7H2,1-2H3,(H,18,19)(H2,16,17,20). The summed E-state index contributed by atoms with van der Waals surface area (Å²) in [6.07, 6.45) is 0.209. The summed E-state index contributed by atoms with van der Waals surface area (Å²) >= 11 is 0. The third-order valence-electron chi connectivity index (χ3n) is 3.01. The molecule has 110 valence electrons. The van der Waals surface area contributed by atoms with Crippen molar-refractivity contribution in [1.82, 2.24) is 10.6 Å². The molecule has 1 aromatic rings. The second kappa shape index (κ2) is 6.31. The van der Waals surface area contributed by atoms with Gasteiger partial charge in [0.1, 0.15) is 5.54 Å². The number of carboxylic acid groups (broad SMARTS) is 1. The van der Waals surface area contributed by atoms with Gasteiger partial charge in [-0.2, -0.15) is 0 Å². The highest BCUT2D eigenvalue weighted by Crippen LogP contribution is 2.10. The SMILES string of the molecule is CCC(C)(NC(=O)NCc1ccc(F)c(F)c1)C(=O)O. The first-order valence-corrected chi connectivity index (χ1v) is 6.02. The van der Waals surface area contributed by atoms with Crippen molar-refractivity contribution in [3.05, 3.63) is 35.4 Å². The number of halogens is 2. The van der Waals surface area contributed by atoms with Crippen LogP contribution in [0.1, 0.15) is 25.8 Å². The van der Waals surface area contributed by atoms with E-state index in [0.29, 0.717) is 5.56 Å². The molecule has 1 aromatic carbocycles. The van der Waals surface area contributed by atoms with Crippen molar-refractivity contribution in [3.8, 4) is 0 Å². The second-order valence-electron chi connectivity index (χ2n) is 4.55. The van der Waals surface area contributed by atoms with Gasteiger partial charge in [0.15, 0.2) is 11.6 Å². The number of hydrogen-bond acceptors (Lipinski definition) is 2. The van der Waals surface area contributed by atoms with Gasteiger partial charge in [0, 0.05) is 6.54 Å². The lowest BCUT2D eigenvalue weighted by Crippen LogP contribution is -2.54. The summed E-state index contributed by atoms with van der Waals surface area (Å²) in [4.78, 5) is 22.6. The maximum Gasteiger partial charge on any atom is 0.329 e. The van der Waals surface area contributed by atoms with Crippen molar-refractivity contribution in [3.63, 3.8) is 0 Å². The highest BCUT2D eigenvalue weighted by molar-refractivity contribution is 5.85. The summed E-state index contributed by atoms with van der Waals surface area (Å²) in [5.41, 5.74) is -1.01. The van der Waals surface area contributed by atoms with Gasteiger partial charge in [-0.25, -0.2) is 18.4 Å². The average Bonchev–Trinajstić information content (AvgIpc) is 2.39. The van der Waals surface area contributed by atoms with Crippen molar-refractivity contribution < 1.29 is 23.5 Å². The van der Waals surface area contributed by atoms with Crippen LogP contribution in [0.25, 0.3) is 0 Å². The highest BCUT2D eigenvalue weighted by Gasteiger charge is 2.32.